The van der Waals surface area contributed by atoms with Crippen molar-refractivity contribution in [1.29, 1.82) is 0 Å². The van der Waals surface area contributed by atoms with E-state index < -0.39 is 0 Å². The number of piperidine rings is 1. The molecule has 0 spiro atoms. The van der Waals surface area contributed by atoms with Gasteiger partial charge in [-0.3, -0.25) is 4.99 Å². The van der Waals surface area contributed by atoms with Gasteiger partial charge in [-0.1, -0.05) is 0 Å². The average molecular weight is 340 g/mol. The molecule has 2 aliphatic heterocycles. The fraction of sp³-hybridized carbons (Fsp3) is 0.368. The molecular formula is C19H21FN4O. The van der Waals surface area contributed by atoms with Gasteiger partial charge in [0, 0.05) is 17.7 Å². The lowest BCUT2D eigenvalue weighted by atomic mass is 9.94. The van der Waals surface area contributed by atoms with Crippen LogP contribution < -0.4 is 10.6 Å². The van der Waals surface area contributed by atoms with Crippen molar-refractivity contribution in [3.8, 4) is 11.5 Å². The molecule has 0 unspecified atom stereocenters. The molecule has 0 aliphatic carbocycles. The van der Waals surface area contributed by atoms with E-state index in [9.17, 15) is 4.39 Å². The third-order valence-corrected chi connectivity index (χ3v) is 4.62. The van der Waals surface area contributed by atoms with Crippen LogP contribution in [0.15, 0.2) is 45.4 Å². The molecule has 4 rings (SSSR count). The Morgan fingerprint density at radius 1 is 1.16 bits per heavy atom. The van der Waals surface area contributed by atoms with E-state index in [0.717, 1.165) is 48.8 Å². The van der Waals surface area contributed by atoms with Crippen molar-refractivity contribution in [3.05, 3.63) is 53.3 Å². The lowest BCUT2D eigenvalue weighted by molar-refractivity contribution is 0.389. The highest BCUT2D eigenvalue weighted by molar-refractivity contribution is 5.99. The van der Waals surface area contributed by atoms with Crippen LogP contribution in [-0.2, 0) is 0 Å². The molecular weight excluding hydrogens is 319 g/mol. The van der Waals surface area contributed by atoms with Crippen LogP contribution in [0.2, 0.25) is 0 Å². The maximum absolute atomic E-state index is 13.2. The van der Waals surface area contributed by atoms with Crippen LogP contribution in [0.5, 0.6) is 0 Å². The van der Waals surface area contributed by atoms with Gasteiger partial charge in [-0.05, 0) is 62.7 Å². The van der Waals surface area contributed by atoms with Crippen molar-refractivity contribution >= 4 is 5.84 Å². The van der Waals surface area contributed by atoms with E-state index >= 15 is 0 Å². The van der Waals surface area contributed by atoms with Crippen LogP contribution in [-0.4, -0.2) is 30.5 Å². The number of halogens is 1. The summed E-state index contributed by atoms with van der Waals surface area (Å²) in [4.78, 5) is 9.30. The number of hydrogen-bond acceptors (Lipinski definition) is 5. The number of nitrogens with one attached hydrogen (secondary N) is 2. The Kier molecular flexibility index (Phi) is 4.36. The second-order valence-corrected chi connectivity index (χ2v) is 6.56. The number of oxazole rings is 1. The van der Waals surface area contributed by atoms with Gasteiger partial charge in [0.2, 0.25) is 5.89 Å². The molecule has 2 N–H and O–H groups in total. The zero-order valence-electron chi connectivity index (χ0n) is 14.2. The van der Waals surface area contributed by atoms with Crippen LogP contribution in [0, 0.1) is 5.82 Å². The predicted molar refractivity (Wildman–Crippen MR) is 95.0 cm³/mol. The van der Waals surface area contributed by atoms with Crippen LogP contribution in [0.25, 0.3) is 11.5 Å². The fourth-order valence-corrected chi connectivity index (χ4v) is 3.21. The Labute approximate surface area is 146 Å². The topological polar surface area (TPSA) is 62.5 Å². The summed E-state index contributed by atoms with van der Waals surface area (Å²) in [7, 11) is 0. The zero-order valence-corrected chi connectivity index (χ0v) is 14.2. The number of aromatic nitrogens is 1. The molecule has 25 heavy (non-hydrogen) atoms. The standard InChI is InChI=1S/C19H21FN4O/c1-12-10-22-18(23-11-12)16-17(13-6-8-21-9-7-13)25-19(24-16)14-2-4-15(20)5-3-14/h2-5,10,13,21H,6-9,11H2,1H3,(H,22,23). The van der Waals surface area contributed by atoms with Gasteiger partial charge < -0.3 is 15.1 Å². The van der Waals surface area contributed by atoms with Crippen LogP contribution >= 0.6 is 0 Å². The molecule has 0 radical (unpaired) electrons. The highest BCUT2D eigenvalue weighted by Crippen LogP contribution is 2.32. The number of nitrogens with zero attached hydrogens (tertiary/aromatic N) is 2. The number of rotatable bonds is 3. The first-order valence-electron chi connectivity index (χ1n) is 8.65. The molecule has 0 saturated carbocycles. The van der Waals surface area contributed by atoms with E-state index in [1.807, 2.05) is 13.1 Å². The predicted octanol–water partition coefficient (Wildman–Crippen LogP) is 3.20. The third kappa shape index (κ3) is 3.35. The number of aliphatic imine (C=N–C) groups is 1. The second kappa shape index (κ2) is 6.80. The molecule has 6 heteroatoms. The van der Waals surface area contributed by atoms with Gasteiger partial charge in [-0.2, -0.15) is 0 Å². The first-order chi connectivity index (χ1) is 12.2. The van der Waals surface area contributed by atoms with Gasteiger partial charge in [0.25, 0.3) is 0 Å². The lowest BCUT2D eigenvalue weighted by Crippen LogP contribution is -2.29. The summed E-state index contributed by atoms with van der Waals surface area (Å²) in [6.07, 6.45) is 3.97. The van der Waals surface area contributed by atoms with Crippen molar-refractivity contribution in [1.82, 2.24) is 15.6 Å². The van der Waals surface area contributed by atoms with Gasteiger partial charge in [0.1, 0.15) is 17.3 Å². The Bertz CT molecular complexity index is 816. The molecule has 0 amide bonds. The summed E-state index contributed by atoms with van der Waals surface area (Å²) in [5.41, 5.74) is 2.72. The second-order valence-electron chi connectivity index (χ2n) is 6.56. The van der Waals surface area contributed by atoms with Crippen LogP contribution in [0.4, 0.5) is 4.39 Å². The Morgan fingerprint density at radius 3 is 2.60 bits per heavy atom. The normalized spacial score (nSPS) is 18.5. The maximum atomic E-state index is 13.2. The average Bonchev–Trinajstić information content (AvgIpc) is 3.09. The van der Waals surface area contributed by atoms with Crippen molar-refractivity contribution in [3.63, 3.8) is 0 Å². The Balaban J connectivity index is 1.73. The molecule has 1 aromatic heterocycles. The Morgan fingerprint density at radius 2 is 1.92 bits per heavy atom. The van der Waals surface area contributed by atoms with Crippen molar-refractivity contribution < 1.29 is 8.81 Å². The maximum Gasteiger partial charge on any atom is 0.227 e. The molecule has 5 nitrogen and oxygen atoms in total. The molecule has 0 bridgehead atoms. The number of amidine groups is 1. The molecule has 1 aromatic carbocycles. The molecule has 2 aromatic rings. The highest BCUT2D eigenvalue weighted by Gasteiger charge is 2.27. The number of benzene rings is 1. The quantitative estimate of drug-likeness (QED) is 0.901. The molecule has 2 aliphatic rings. The highest BCUT2D eigenvalue weighted by atomic mass is 19.1. The summed E-state index contributed by atoms with van der Waals surface area (Å²) in [6, 6.07) is 6.23. The van der Waals surface area contributed by atoms with Gasteiger partial charge in [0.15, 0.2) is 5.84 Å². The molecule has 130 valence electrons. The minimum atomic E-state index is -0.270. The summed E-state index contributed by atoms with van der Waals surface area (Å²) in [6.45, 7) is 4.63. The van der Waals surface area contributed by atoms with Gasteiger partial charge in [0.05, 0.1) is 6.54 Å². The van der Waals surface area contributed by atoms with E-state index in [1.165, 1.54) is 17.7 Å². The minimum Gasteiger partial charge on any atom is -0.440 e. The molecule has 3 heterocycles. The van der Waals surface area contributed by atoms with E-state index in [2.05, 4.69) is 15.6 Å². The largest absolute Gasteiger partial charge is 0.440 e. The SMILES string of the molecule is CC1=CNC(c2nc(-c3ccc(F)cc3)oc2C2CCNCC2)=NC1. The Hall–Kier alpha value is -2.47. The first-order valence-corrected chi connectivity index (χ1v) is 8.65. The lowest BCUT2D eigenvalue weighted by Gasteiger charge is -2.22. The van der Waals surface area contributed by atoms with Crippen LogP contribution in [0.1, 0.15) is 37.1 Å². The van der Waals surface area contributed by atoms with E-state index in [-0.39, 0.29) is 5.82 Å². The molecule has 1 fully saturated rings. The van der Waals surface area contributed by atoms with E-state index in [4.69, 9.17) is 9.40 Å². The summed E-state index contributed by atoms with van der Waals surface area (Å²) in [5, 5.41) is 6.60. The smallest absolute Gasteiger partial charge is 0.227 e. The van der Waals surface area contributed by atoms with E-state index in [1.54, 1.807) is 12.1 Å². The number of hydrogen-bond donors (Lipinski definition) is 2. The van der Waals surface area contributed by atoms with Gasteiger partial charge in [-0.15, -0.1) is 0 Å². The minimum absolute atomic E-state index is 0.270. The zero-order chi connectivity index (χ0) is 17.2. The molecule has 0 atom stereocenters. The third-order valence-electron chi connectivity index (χ3n) is 4.62. The molecule has 1 saturated heterocycles. The summed E-state index contributed by atoms with van der Waals surface area (Å²) < 4.78 is 19.4. The van der Waals surface area contributed by atoms with Gasteiger partial charge >= 0.3 is 0 Å². The van der Waals surface area contributed by atoms with Crippen molar-refractivity contribution in [2.75, 3.05) is 19.6 Å². The summed E-state index contributed by atoms with van der Waals surface area (Å²) >= 11 is 0. The van der Waals surface area contributed by atoms with Crippen molar-refractivity contribution in [2.45, 2.75) is 25.7 Å². The van der Waals surface area contributed by atoms with E-state index in [0.29, 0.717) is 18.4 Å². The first kappa shape index (κ1) is 16.0. The van der Waals surface area contributed by atoms with Crippen LogP contribution in [0.3, 0.4) is 0 Å². The monoisotopic (exact) mass is 340 g/mol. The van der Waals surface area contributed by atoms with Gasteiger partial charge in [-0.25, -0.2) is 9.37 Å². The fourth-order valence-electron chi connectivity index (χ4n) is 3.21. The summed E-state index contributed by atoms with van der Waals surface area (Å²) in [5.74, 6) is 2.18. The van der Waals surface area contributed by atoms with Crippen molar-refractivity contribution in [2.24, 2.45) is 4.99 Å².